The molecule has 2 aromatic rings. The lowest BCUT2D eigenvalue weighted by Crippen LogP contribution is -2.59. The first-order chi connectivity index (χ1) is 14.7. The summed E-state index contributed by atoms with van der Waals surface area (Å²) in [5, 5.41) is 0.629. The maximum atomic E-state index is 13.2. The number of nitrogens with one attached hydrogen (secondary N) is 1. The molecule has 2 aliphatic carbocycles. The molecule has 4 bridgehead atoms. The molecule has 160 valence electrons. The van der Waals surface area contributed by atoms with E-state index in [1.54, 1.807) is 4.57 Å². The van der Waals surface area contributed by atoms with Crippen molar-refractivity contribution in [1.29, 1.82) is 0 Å². The largest absolute Gasteiger partial charge is 0.329 e. The normalized spacial score (nSPS) is 36.7. The van der Waals surface area contributed by atoms with Gasteiger partial charge in [0.05, 0.1) is 10.9 Å². The van der Waals surface area contributed by atoms with Crippen LogP contribution in [-0.4, -0.2) is 32.6 Å². The van der Waals surface area contributed by atoms with Crippen LogP contribution in [0.3, 0.4) is 0 Å². The smallest absolute Gasteiger partial charge is 0.307 e. The lowest BCUT2D eigenvalue weighted by Gasteiger charge is -2.55. The lowest BCUT2D eigenvalue weighted by atomic mass is 9.68. The zero-order valence-electron chi connectivity index (χ0n) is 17.8. The van der Waals surface area contributed by atoms with Crippen LogP contribution in [0.1, 0.15) is 76.7 Å². The molecule has 1 aromatic carbocycles. The van der Waals surface area contributed by atoms with Crippen LogP contribution < -0.4 is 11.2 Å². The van der Waals surface area contributed by atoms with Gasteiger partial charge in [-0.05, 0) is 68.9 Å². The molecule has 4 aliphatic rings. The number of hydrogen-bond acceptors (Lipinski definition) is 3. The molecule has 5 nitrogen and oxygen atoms in total. The van der Waals surface area contributed by atoms with Crippen molar-refractivity contribution in [3.05, 3.63) is 45.1 Å². The van der Waals surface area contributed by atoms with Crippen LogP contribution in [0.15, 0.2) is 33.9 Å². The predicted octanol–water partition coefficient (Wildman–Crippen LogP) is 4.22. The highest BCUT2D eigenvalue weighted by Gasteiger charge is 2.45. The number of benzene rings is 1. The Bertz CT molecular complexity index is 1030. The van der Waals surface area contributed by atoms with E-state index in [0.29, 0.717) is 23.0 Å². The molecule has 2 saturated heterocycles. The van der Waals surface area contributed by atoms with E-state index < -0.39 is 0 Å². The Balaban J connectivity index is 1.31. The molecule has 0 spiro atoms. The fourth-order valence-electron chi connectivity index (χ4n) is 7.64. The third-order valence-electron chi connectivity index (χ3n) is 8.73. The Labute approximate surface area is 177 Å². The van der Waals surface area contributed by atoms with Gasteiger partial charge in [-0.1, -0.05) is 37.8 Å². The van der Waals surface area contributed by atoms with Gasteiger partial charge in [0.1, 0.15) is 0 Å². The minimum Gasteiger partial charge on any atom is -0.307 e. The zero-order chi connectivity index (χ0) is 20.2. The van der Waals surface area contributed by atoms with Crippen molar-refractivity contribution in [2.75, 3.05) is 0 Å². The van der Waals surface area contributed by atoms with Gasteiger partial charge in [-0.15, -0.1) is 0 Å². The summed E-state index contributed by atoms with van der Waals surface area (Å²) < 4.78 is 1.56. The average Bonchev–Trinajstić information content (AvgIpc) is 2.73. The highest BCUT2D eigenvalue weighted by Crippen LogP contribution is 2.47. The second-order valence-electron chi connectivity index (χ2n) is 10.5. The molecule has 1 N–H and O–H groups in total. The number of H-pyrrole nitrogens is 1. The highest BCUT2D eigenvalue weighted by atomic mass is 16.2. The molecule has 0 unspecified atom stereocenters. The van der Waals surface area contributed by atoms with Crippen molar-refractivity contribution in [3.63, 3.8) is 0 Å². The third kappa shape index (κ3) is 3.08. The van der Waals surface area contributed by atoms with Gasteiger partial charge < -0.3 is 4.98 Å². The van der Waals surface area contributed by atoms with E-state index in [0.717, 1.165) is 30.7 Å². The van der Waals surface area contributed by atoms with Crippen molar-refractivity contribution < 1.29 is 0 Å². The van der Waals surface area contributed by atoms with Gasteiger partial charge in [-0.25, -0.2) is 4.79 Å². The first-order valence-electron chi connectivity index (χ1n) is 12.2. The van der Waals surface area contributed by atoms with E-state index in [1.807, 2.05) is 24.3 Å². The van der Waals surface area contributed by atoms with E-state index >= 15 is 0 Å². The topological polar surface area (TPSA) is 58.1 Å². The number of aromatic amines is 1. The van der Waals surface area contributed by atoms with E-state index in [4.69, 9.17) is 0 Å². The standard InChI is InChI=1S/C25H33N3O2/c29-24-22-9-1-2-10-23(22)26-25(30)28(24)21-14-18-7-4-8-19(15-21)27(18)20-12-16-5-3-6-17(11-16)13-20/h1-2,9-10,16-21H,3-8,11-15H2,(H,26,30)/t16-,17+,18-,19+,20+,21+. The number of nitrogens with zero attached hydrogens (tertiary/aromatic N) is 2. The number of para-hydroxylation sites is 1. The van der Waals surface area contributed by atoms with Gasteiger partial charge in [0.15, 0.2) is 0 Å². The molecule has 0 radical (unpaired) electrons. The van der Waals surface area contributed by atoms with Crippen LogP contribution >= 0.6 is 0 Å². The second-order valence-corrected chi connectivity index (χ2v) is 10.5. The lowest BCUT2D eigenvalue weighted by molar-refractivity contribution is -0.0494. The molecule has 0 amide bonds. The summed E-state index contributed by atoms with van der Waals surface area (Å²) in [5.74, 6) is 1.87. The summed E-state index contributed by atoms with van der Waals surface area (Å²) in [7, 11) is 0. The van der Waals surface area contributed by atoms with E-state index in [-0.39, 0.29) is 17.3 Å². The molecular formula is C25H33N3O2. The predicted molar refractivity (Wildman–Crippen MR) is 119 cm³/mol. The van der Waals surface area contributed by atoms with Crippen LogP contribution in [0.4, 0.5) is 0 Å². The monoisotopic (exact) mass is 407 g/mol. The SMILES string of the molecule is O=c1[nH]c2ccccc2c(=O)n1[C@H]1C[C@H]2CCC[C@@H](C1)N2[C@H]1C[C@@H]2CCC[C@@H](C2)C1. The Morgan fingerprint density at radius 1 is 0.733 bits per heavy atom. The third-order valence-corrected chi connectivity index (χ3v) is 8.73. The van der Waals surface area contributed by atoms with Gasteiger partial charge in [-0.3, -0.25) is 14.3 Å². The summed E-state index contributed by atoms with van der Waals surface area (Å²) in [6.07, 6.45) is 14.2. The Morgan fingerprint density at radius 3 is 2.13 bits per heavy atom. The van der Waals surface area contributed by atoms with Crippen LogP contribution in [0, 0.1) is 11.8 Å². The number of hydrogen-bond donors (Lipinski definition) is 1. The van der Waals surface area contributed by atoms with E-state index in [1.165, 1.54) is 57.8 Å². The van der Waals surface area contributed by atoms with Crippen LogP contribution in [0.25, 0.3) is 10.9 Å². The molecule has 1 aromatic heterocycles. The molecule has 6 atom stereocenters. The minimum absolute atomic E-state index is 0.0282. The first kappa shape index (κ1) is 18.9. The van der Waals surface area contributed by atoms with Crippen molar-refractivity contribution in [2.24, 2.45) is 11.8 Å². The number of piperidine rings is 2. The maximum absolute atomic E-state index is 13.2. The van der Waals surface area contributed by atoms with Crippen molar-refractivity contribution in [1.82, 2.24) is 14.5 Å². The summed E-state index contributed by atoms with van der Waals surface area (Å²) in [6.45, 7) is 0. The van der Waals surface area contributed by atoms with Crippen molar-refractivity contribution >= 4 is 10.9 Å². The summed E-state index contributed by atoms with van der Waals surface area (Å²) in [5.41, 5.74) is 0.301. The van der Waals surface area contributed by atoms with Crippen LogP contribution in [0.2, 0.25) is 0 Å². The Morgan fingerprint density at radius 2 is 1.40 bits per heavy atom. The van der Waals surface area contributed by atoms with Crippen molar-refractivity contribution in [2.45, 2.75) is 94.8 Å². The first-order valence-corrected chi connectivity index (χ1v) is 12.2. The van der Waals surface area contributed by atoms with Gasteiger partial charge in [0.25, 0.3) is 5.56 Å². The fourth-order valence-corrected chi connectivity index (χ4v) is 7.64. The molecule has 3 heterocycles. The molecule has 30 heavy (non-hydrogen) atoms. The van der Waals surface area contributed by atoms with Gasteiger partial charge >= 0.3 is 5.69 Å². The van der Waals surface area contributed by atoms with Gasteiger partial charge in [-0.2, -0.15) is 0 Å². The quantitative estimate of drug-likeness (QED) is 0.811. The van der Waals surface area contributed by atoms with Gasteiger partial charge in [0.2, 0.25) is 0 Å². The number of rotatable bonds is 2. The maximum Gasteiger partial charge on any atom is 0.329 e. The molecule has 4 fully saturated rings. The molecule has 2 saturated carbocycles. The second kappa shape index (κ2) is 7.37. The van der Waals surface area contributed by atoms with Crippen LogP contribution in [0.5, 0.6) is 0 Å². The zero-order valence-corrected chi connectivity index (χ0v) is 17.8. The summed E-state index contributed by atoms with van der Waals surface area (Å²) in [6, 6.07) is 9.22. The summed E-state index contributed by atoms with van der Waals surface area (Å²) in [4.78, 5) is 31.9. The molecule has 2 aliphatic heterocycles. The fraction of sp³-hybridized carbons (Fsp3) is 0.680. The number of aromatic nitrogens is 2. The summed E-state index contributed by atoms with van der Waals surface area (Å²) >= 11 is 0. The van der Waals surface area contributed by atoms with Gasteiger partial charge in [0, 0.05) is 24.2 Å². The van der Waals surface area contributed by atoms with E-state index in [2.05, 4.69) is 9.88 Å². The minimum atomic E-state index is -0.234. The molecular weight excluding hydrogens is 374 g/mol. The average molecular weight is 408 g/mol. The molecule has 5 heteroatoms. The number of fused-ring (bicyclic) bond motifs is 5. The Kier molecular flexibility index (Phi) is 4.63. The Hall–Kier alpha value is -1.88. The molecule has 6 rings (SSSR count). The van der Waals surface area contributed by atoms with Crippen molar-refractivity contribution in [3.8, 4) is 0 Å². The highest BCUT2D eigenvalue weighted by molar-refractivity contribution is 5.76. The van der Waals surface area contributed by atoms with Crippen LogP contribution in [-0.2, 0) is 0 Å². The van der Waals surface area contributed by atoms with E-state index in [9.17, 15) is 9.59 Å².